The highest BCUT2D eigenvalue weighted by molar-refractivity contribution is 7.99. The summed E-state index contributed by atoms with van der Waals surface area (Å²) in [5, 5.41) is 4.95. The first-order valence-electron chi connectivity index (χ1n) is 11.1. The second-order valence-corrected chi connectivity index (χ2v) is 9.11. The molecular weight excluding hydrogens is 418 g/mol. The first-order chi connectivity index (χ1) is 16.4. The van der Waals surface area contributed by atoms with Gasteiger partial charge in [0.25, 0.3) is 0 Å². The lowest BCUT2D eigenvalue weighted by atomic mass is 9.93. The minimum absolute atomic E-state index is 1.19. The molecule has 1 heterocycles. The van der Waals surface area contributed by atoms with Crippen LogP contribution < -0.4 is 0 Å². The molecule has 2 heteroatoms. The third-order valence-corrected chi connectivity index (χ3v) is 7.17. The Morgan fingerprint density at radius 2 is 1.03 bits per heavy atom. The largest absolute Gasteiger partial charge is 0.264 e. The van der Waals surface area contributed by atoms with Crippen molar-refractivity contribution >= 4 is 33.3 Å². The molecule has 0 aliphatic carbocycles. The maximum Gasteiger partial charge on any atom is 0.0353 e. The maximum atomic E-state index is 4.49. The number of pyridine rings is 1. The molecule has 0 N–H and O–H groups in total. The zero-order valence-corrected chi connectivity index (χ0v) is 18.8. The van der Waals surface area contributed by atoms with Crippen molar-refractivity contribution in [2.24, 2.45) is 0 Å². The van der Waals surface area contributed by atoms with Gasteiger partial charge in [-0.25, -0.2) is 0 Å². The lowest BCUT2D eigenvalue weighted by Gasteiger charge is -2.16. The average molecular weight is 440 g/mol. The minimum atomic E-state index is 1.19. The van der Waals surface area contributed by atoms with Gasteiger partial charge in [0.2, 0.25) is 0 Å². The predicted molar refractivity (Wildman–Crippen MR) is 141 cm³/mol. The average Bonchev–Trinajstić information content (AvgIpc) is 2.90. The van der Waals surface area contributed by atoms with Gasteiger partial charge in [-0.1, -0.05) is 109 Å². The van der Waals surface area contributed by atoms with E-state index in [-0.39, 0.29) is 0 Å². The molecule has 6 aromatic rings. The fourth-order valence-electron chi connectivity index (χ4n) is 4.47. The van der Waals surface area contributed by atoms with E-state index >= 15 is 0 Å². The molecule has 1 nitrogen and oxygen atoms in total. The number of rotatable bonds is 4. The van der Waals surface area contributed by atoms with Crippen LogP contribution in [0.15, 0.2) is 137 Å². The number of benzene rings is 5. The lowest BCUT2D eigenvalue weighted by Crippen LogP contribution is -1.90. The van der Waals surface area contributed by atoms with Crippen molar-refractivity contribution < 1.29 is 0 Å². The Bertz CT molecular complexity index is 1500. The molecule has 6 rings (SSSR count). The van der Waals surface area contributed by atoms with Crippen LogP contribution >= 0.6 is 11.8 Å². The number of fused-ring (bicyclic) bond motifs is 2. The Morgan fingerprint density at radius 1 is 0.455 bits per heavy atom. The van der Waals surface area contributed by atoms with Gasteiger partial charge in [0.1, 0.15) is 0 Å². The highest BCUT2D eigenvalue weighted by Gasteiger charge is 2.16. The SMILES string of the molecule is c1ccc(-c2ccc(Sc3c4ccccc4c(-c4ccccc4)c4cnccc34)cc2)cc1. The summed E-state index contributed by atoms with van der Waals surface area (Å²) in [4.78, 5) is 6.99. The van der Waals surface area contributed by atoms with E-state index in [4.69, 9.17) is 0 Å². The summed E-state index contributed by atoms with van der Waals surface area (Å²) < 4.78 is 0. The van der Waals surface area contributed by atoms with Crippen LogP contribution in [0, 0.1) is 0 Å². The third-order valence-electron chi connectivity index (χ3n) is 6.02. The summed E-state index contributed by atoms with van der Waals surface area (Å²) in [6, 6.07) is 40.9. The number of hydrogen-bond donors (Lipinski definition) is 0. The van der Waals surface area contributed by atoms with Gasteiger partial charge in [-0.3, -0.25) is 4.98 Å². The van der Waals surface area contributed by atoms with Crippen molar-refractivity contribution in [2.45, 2.75) is 9.79 Å². The van der Waals surface area contributed by atoms with Crippen LogP contribution in [0.2, 0.25) is 0 Å². The molecule has 0 saturated carbocycles. The van der Waals surface area contributed by atoms with Crippen LogP contribution in [0.4, 0.5) is 0 Å². The van der Waals surface area contributed by atoms with E-state index in [1.807, 2.05) is 24.2 Å². The van der Waals surface area contributed by atoms with Crippen LogP contribution in [0.5, 0.6) is 0 Å². The Kier molecular flexibility index (Phi) is 5.14. The van der Waals surface area contributed by atoms with Crippen molar-refractivity contribution in [1.82, 2.24) is 4.98 Å². The summed E-state index contributed by atoms with van der Waals surface area (Å²) in [5.74, 6) is 0. The van der Waals surface area contributed by atoms with Gasteiger partial charge in [0.15, 0.2) is 0 Å². The molecule has 0 atom stereocenters. The summed E-state index contributed by atoms with van der Waals surface area (Å²) in [7, 11) is 0. The lowest BCUT2D eigenvalue weighted by molar-refractivity contribution is 1.36. The molecule has 0 spiro atoms. The van der Waals surface area contributed by atoms with Crippen LogP contribution in [0.25, 0.3) is 43.8 Å². The van der Waals surface area contributed by atoms with E-state index in [0.717, 1.165) is 0 Å². The standard InChI is InChI=1S/C31H21NS/c1-3-9-22(10-4-1)23-15-17-25(18-16-23)33-31-27-14-8-7-13-26(27)30(24-11-5-2-6-12-24)29-21-32-20-19-28(29)31/h1-21H. The van der Waals surface area contributed by atoms with Gasteiger partial charge in [-0.15, -0.1) is 0 Å². The summed E-state index contributed by atoms with van der Waals surface area (Å²) in [6.45, 7) is 0. The highest BCUT2D eigenvalue weighted by Crippen LogP contribution is 2.44. The monoisotopic (exact) mass is 439 g/mol. The minimum Gasteiger partial charge on any atom is -0.264 e. The first-order valence-corrected chi connectivity index (χ1v) is 11.9. The Labute approximate surface area is 197 Å². The fourth-order valence-corrected chi connectivity index (χ4v) is 5.55. The molecule has 0 amide bonds. The molecule has 0 fully saturated rings. The van der Waals surface area contributed by atoms with Gasteiger partial charge in [-0.05, 0) is 56.6 Å². The Balaban J connectivity index is 1.52. The second-order valence-electron chi connectivity index (χ2n) is 8.03. The molecule has 0 aliphatic heterocycles. The van der Waals surface area contributed by atoms with Crippen LogP contribution in [-0.4, -0.2) is 4.98 Å². The van der Waals surface area contributed by atoms with E-state index in [9.17, 15) is 0 Å². The van der Waals surface area contributed by atoms with Gasteiger partial charge in [0, 0.05) is 27.6 Å². The number of nitrogens with zero attached hydrogens (tertiary/aromatic N) is 1. The fraction of sp³-hybridized carbons (Fsp3) is 0. The number of hydrogen-bond acceptors (Lipinski definition) is 2. The summed E-state index contributed by atoms with van der Waals surface area (Å²) in [6.07, 6.45) is 3.90. The van der Waals surface area contributed by atoms with E-state index in [1.54, 1.807) is 0 Å². The summed E-state index contributed by atoms with van der Waals surface area (Å²) >= 11 is 1.83. The van der Waals surface area contributed by atoms with E-state index in [1.165, 1.54) is 53.6 Å². The topological polar surface area (TPSA) is 12.9 Å². The van der Waals surface area contributed by atoms with Crippen molar-refractivity contribution in [3.63, 3.8) is 0 Å². The van der Waals surface area contributed by atoms with E-state index in [2.05, 4.69) is 120 Å². The van der Waals surface area contributed by atoms with Crippen LogP contribution in [0.3, 0.4) is 0 Å². The van der Waals surface area contributed by atoms with Crippen LogP contribution in [0.1, 0.15) is 0 Å². The second kappa shape index (κ2) is 8.57. The Morgan fingerprint density at radius 3 is 1.76 bits per heavy atom. The van der Waals surface area contributed by atoms with Gasteiger partial charge in [0.05, 0.1) is 0 Å². The molecule has 5 aromatic carbocycles. The molecule has 0 radical (unpaired) electrons. The van der Waals surface area contributed by atoms with Crippen molar-refractivity contribution in [1.29, 1.82) is 0 Å². The van der Waals surface area contributed by atoms with E-state index in [0.29, 0.717) is 0 Å². The molecule has 33 heavy (non-hydrogen) atoms. The maximum absolute atomic E-state index is 4.49. The molecule has 156 valence electrons. The van der Waals surface area contributed by atoms with Gasteiger partial charge in [-0.2, -0.15) is 0 Å². The zero-order valence-electron chi connectivity index (χ0n) is 18.0. The van der Waals surface area contributed by atoms with Crippen molar-refractivity contribution in [2.75, 3.05) is 0 Å². The first kappa shape index (κ1) is 19.8. The third kappa shape index (κ3) is 3.69. The van der Waals surface area contributed by atoms with Gasteiger partial charge < -0.3 is 0 Å². The van der Waals surface area contributed by atoms with Crippen molar-refractivity contribution in [3.8, 4) is 22.3 Å². The smallest absolute Gasteiger partial charge is 0.0353 e. The van der Waals surface area contributed by atoms with Gasteiger partial charge >= 0.3 is 0 Å². The quantitative estimate of drug-likeness (QED) is 0.254. The Hall–Kier alpha value is -3.88. The molecule has 1 aromatic heterocycles. The number of aromatic nitrogens is 1. The summed E-state index contributed by atoms with van der Waals surface area (Å²) in [5.41, 5.74) is 4.94. The van der Waals surface area contributed by atoms with Crippen molar-refractivity contribution in [3.05, 3.63) is 128 Å². The molecule has 0 saturated heterocycles. The highest BCUT2D eigenvalue weighted by atomic mass is 32.2. The van der Waals surface area contributed by atoms with E-state index < -0.39 is 0 Å². The molecule has 0 bridgehead atoms. The van der Waals surface area contributed by atoms with Crippen LogP contribution in [-0.2, 0) is 0 Å². The predicted octanol–water partition coefficient (Wildman–Crippen LogP) is 8.87. The normalized spacial score (nSPS) is 11.2. The molecular formula is C31H21NS. The molecule has 0 unspecified atom stereocenters. The molecule has 0 aliphatic rings. The zero-order chi connectivity index (χ0) is 22.0.